The Morgan fingerprint density at radius 2 is 1.42 bits per heavy atom. The van der Waals surface area contributed by atoms with E-state index in [4.69, 9.17) is 9.16 Å². The Morgan fingerprint density at radius 3 is 1.82 bits per heavy atom. The van der Waals surface area contributed by atoms with Crippen molar-refractivity contribution in [3.63, 3.8) is 0 Å². The van der Waals surface area contributed by atoms with Gasteiger partial charge in [-0.25, -0.2) is 4.79 Å². The molecule has 1 aliphatic rings. The number of amides is 1. The molecule has 3 rings (SSSR count). The van der Waals surface area contributed by atoms with Gasteiger partial charge in [-0.05, 0) is 49.5 Å². The molecule has 1 saturated heterocycles. The van der Waals surface area contributed by atoms with Crippen LogP contribution in [0.5, 0.6) is 0 Å². The molecule has 4 nitrogen and oxygen atoms in total. The monoisotopic (exact) mass is 465 g/mol. The first kappa shape index (κ1) is 25.3. The molecule has 2 aromatic carbocycles. The van der Waals surface area contributed by atoms with Crippen molar-refractivity contribution in [1.29, 1.82) is 0 Å². The van der Waals surface area contributed by atoms with Crippen LogP contribution in [0.25, 0.3) is 0 Å². The van der Waals surface area contributed by atoms with Gasteiger partial charge in [-0.1, -0.05) is 93.6 Å². The van der Waals surface area contributed by atoms with E-state index in [0.717, 1.165) is 12.0 Å². The van der Waals surface area contributed by atoms with Crippen molar-refractivity contribution in [2.45, 2.75) is 77.7 Å². The third kappa shape index (κ3) is 5.41. The molecule has 2 aromatic rings. The maximum atomic E-state index is 13.0. The van der Waals surface area contributed by atoms with Crippen molar-refractivity contribution < 1.29 is 14.0 Å². The van der Waals surface area contributed by atoms with Gasteiger partial charge in [0.05, 0.1) is 12.1 Å². The lowest BCUT2D eigenvalue weighted by Crippen LogP contribution is -2.67. The molecule has 5 heteroatoms. The molecule has 33 heavy (non-hydrogen) atoms. The Kier molecular flexibility index (Phi) is 7.25. The fraction of sp³-hybridized carbons (Fsp3) is 0.464. The number of carbonyl (C=O) groups excluding carboxylic acids is 1. The van der Waals surface area contributed by atoms with E-state index in [1.54, 1.807) is 4.90 Å². The highest BCUT2D eigenvalue weighted by atomic mass is 28.4. The van der Waals surface area contributed by atoms with Crippen LogP contribution >= 0.6 is 0 Å². The summed E-state index contributed by atoms with van der Waals surface area (Å²) in [6.07, 6.45) is 0.313. The Bertz CT molecular complexity index is 921. The zero-order chi connectivity index (χ0) is 24.4. The van der Waals surface area contributed by atoms with Crippen LogP contribution in [-0.4, -0.2) is 43.6 Å². The molecule has 0 bridgehead atoms. The molecule has 1 aliphatic heterocycles. The van der Waals surface area contributed by atoms with Gasteiger partial charge in [0.15, 0.2) is 0 Å². The molecular weight excluding hydrogens is 426 g/mol. The predicted octanol–water partition coefficient (Wildman–Crippen LogP) is 5.52. The van der Waals surface area contributed by atoms with Gasteiger partial charge in [-0.15, -0.1) is 0 Å². The summed E-state index contributed by atoms with van der Waals surface area (Å²) < 4.78 is 13.0. The average Bonchev–Trinajstić information content (AvgIpc) is 3.16. The number of hydrogen-bond donors (Lipinski definition) is 0. The van der Waals surface area contributed by atoms with Crippen LogP contribution in [0, 0.1) is 0 Å². The van der Waals surface area contributed by atoms with Crippen LogP contribution in [0.4, 0.5) is 4.79 Å². The van der Waals surface area contributed by atoms with E-state index in [2.05, 4.69) is 75.9 Å². The molecule has 0 N–H and O–H groups in total. The summed E-state index contributed by atoms with van der Waals surface area (Å²) in [7, 11) is -2.70. The fourth-order valence-corrected chi connectivity index (χ4v) is 9.50. The van der Waals surface area contributed by atoms with Gasteiger partial charge in [0, 0.05) is 6.54 Å². The number of nitrogens with zero attached hydrogens (tertiary/aromatic N) is 1. The van der Waals surface area contributed by atoms with Crippen molar-refractivity contribution in [3.05, 3.63) is 72.8 Å². The van der Waals surface area contributed by atoms with Crippen molar-refractivity contribution in [2.24, 2.45) is 0 Å². The average molecular weight is 466 g/mol. The highest BCUT2D eigenvalue weighted by Crippen LogP contribution is 2.39. The Hall–Kier alpha value is -2.37. The third-order valence-corrected chi connectivity index (χ3v) is 11.3. The normalized spacial score (nSPS) is 19.4. The molecule has 0 spiro atoms. The van der Waals surface area contributed by atoms with Gasteiger partial charge in [-0.2, -0.15) is 0 Å². The SMILES string of the molecule is C=C(C)[C@@H]1C[C@H](O[Si](c2ccccc2)(c2ccccc2)C(C)(C)C)CN1C(=O)OC(C)(C)C. The summed E-state index contributed by atoms with van der Waals surface area (Å²) in [5.74, 6) is 0. The maximum absolute atomic E-state index is 13.0. The molecule has 178 valence electrons. The standard InChI is InChI=1S/C28H39NO3Si/c1-21(2)25-19-22(20-29(25)26(30)31-27(3,4)5)32-33(28(6,7)8,23-15-11-9-12-16-23)24-17-13-10-14-18-24/h9-18,22,25H,1,19-20H2,2-8H3/t22-,25-/m0/s1. The summed E-state index contributed by atoms with van der Waals surface area (Å²) in [5, 5.41) is 2.37. The minimum Gasteiger partial charge on any atom is -0.444 e. The van der Waals surface area contributed by atoms with Crippen molar-refractivity contribution in [3.8, 4) is 0 Å². The first-order valence-corrected chi connectivity index (χ1v) is 13.7. The van der Waals surface area contributed by atoms with E-state index < -0.39 is 13.9 Å². The second-order valence-corrected chi connectivity index (χ2v) is 15.4. The maximum Gasteiger partial charge on any atom is 0.410 e. The third-order valence-electron chi connectivity index (χ3n) is 6.22. The summed E-state index contributed by atoms with van der Waals surface area (Å²) >= 11 is 0. The quantitative estimate of drug-likeness (QED) is 0.431. The highest BCUT2D eigenvalue weighted by Gasteiger charge is 2.53. The van der Waals surface area contributed by atoms with Gasteiger partial charge in [0.25, 0.3) is 8.32 Å². The van der Waals surface area contributed by atoms with Crippen molar-refractivity contribution in [2.75, 3.05) is 6.54 Å². The smallest absolute Gasteiger partial charge is 0.410 e. The molecule has 0 unspecified atom stereocenters. The van der Waals surface area contributed by atoms with Gasteiger partial charge >= 0.3 is 6.09 Å². The second kappa shape index (κ2) is 9.47. The molecule has 1 fully saturated rings. The second-order valence-electron chi connectivity index (χ2n) is 11.1. The van der Waals surface area contributed by atoms with E-state index in [9.17, 15) is 4.79 Å². The van der Waals surface area contributed by atoms with Gasteiger partial charge in [-0.3, -0.25) is 4.90 Å². The fourth-order valence-electron chi connectivity index (χ4n) is 4.81. The predicted molar refractivity (Wildman–Crippen MR) is 139 cm³/mol. The highest BCUT2D eigenvalue weighted by molar-refractivity contribution is 6.99. The lowest BCUT2D eigenvalue weighted by atomic mass is 10.1. The Balaban J connectivity index is 2.03. The van der Waals surface area contributed by atoms with Crippen LogP contribution in [0.2, 0.25) is 5.04 Å². The van der Waals surface area contributed by atoms with Crippen LogP contribution in [0.15, 0.2) is 72.8 Å². The number of ether oxygens (including phenoxy) is 1. The van der Waals surface area contributed by atoms with E-state index in [1.807, 2.05) is 39.8 Å². The van der Waals surface area contributed by atoms with Crippen molar-refractivity contribution >= 4 is 24.8 Å². The molecule has 1 amide bonds. The number of rotatable bonds is 5. The number of carbonyl (C=O) groups is 1. The minimum atomic E-state index is -2.70. The van der Waals surface area contributed by atoms with Crippen LogP contribution < -0.4 is 10.4 Å². The van der Waals surface area contributed by atoms with E-state index in [-0.39, 0.29) is 23.3 Å². The molecule has 0 aromatic heterocycles. The Labute approximate surface area is 200 Å². The molecular formula is C28H39NO3Si. The van der Waals surface area contributed by atoms with Crippen molar-refractivity contribution in [1.82, 2.24) is 4.90 Å². The minimum absolute atomic E-state index is 0.0944. The van der Waals surface area contributed by atoms with Crippen LogP contribution in [0.3, 0.4) is 0 Å². The molecule has 2 atom stereocenters. The van der Waals surface area contributed by atoms with E-state index >= 15 is 0 Å². The lowest BCUT2D eigenvalue weighted by molar-refractivity contribution is 0.0232. The lowest BCUT2D eigenvalue weighted by Gasteiger charge is -2.44. The Morgan fingerprint density at radius 1 is 0.939 bits per heavy atom. The van der Waals surface area contributed by atoms with Gasteiger partial charge in [0.1, 0.15) is 5.60 Å². The largest absolute Gasteiger partial charge is 0.444 e. The molecule has 1 heterocycles. The molecule has 0 saturated carbocycles. The van der Waals surface area contributed by atoms with Crippen LogP contribution in [-0.2, 0) is 9.16 Å². The van der Waals surface area contributed by atoms with Gasteiger partial charge < -0.3 is 9.16 Å². The topological polar surface area (TPSA) is 38.8 Å². The summed E-state index contributed by atoms with van der Waals surface area (Å²) in [4.78, 5) is 14.8. The number of hydrogen-bond acceptors (Lipinski definition) is 3. The first-order valence-electron chi connectivity index (χ1n) is 11.8. The van der Waals surface area contributed by atoms with Gasteiger partial charge in [0.2, 0.25) is 0 Å². The van der Waals surface area contributed by atoms with E-state index in [0.29, 0.717) is 6.54 Å². The zero-order valence-corrected chi connectivity index (χ0v) is 22.2. The number of likely N-dealkylation sites (tertiary alicyclic amines) is 1. The van der Waals surface area contributed by atoms with E-state index in [1.165, 1.54) is 10.4 Å². The zero-order valence-electron chi connectivity index (χ0n) is 21.2. The summed E-state index contributed by atoms with van der Waals surface area (Å²) in [6, 6.07) is 21.1. The van der Waals surface area contributed by atoms with Crippen LogP contribution in [0.1, 0.15) is 54.9 Å². The number of benzene rings is 2. The molecule has 0 aliphatic carbocycles. The summed E-state index contributed by atoms with van der Waals surface area (Å²) in [5.41, 5.74) is 0.405. The summed E-state index contributed by atoms with van der Waals surface area (Å²) in [6.45, 7) is 19.2. The molecule has 0 radical (unpaired) electrons. The first-order chi connectivity index (χ1) is 15.3.